The first-order valence-electron chi connectivity index (χ1n) is 1.89. The van der Waals surface area contributed by atoms with Crippen molar-refractivity contribution in [1.29, 1.82) is 0 Å². The second-order valence-corrected chi connectivity index (χ2v) is 2.87. The van der Waals surface area contributed by atoms with E-state index < -0.39 is 27.7 Å². The number of carbonyl (C=O) groups excluding carboxylic acids is 1. The normalized spacial score (nSPS) is 18.2. The minimum atomic E-state index is -0.552. The van der Waals surface area contributed by atoms with Gasteiger partial charge in [-0.05, 0) is 0 Å². The Morgan fingerprint density at radius 3 is 2.88 bits per heavy atom. The van der Waals surface area contributed by atoms with Gasteiger partial charge in [-0.3, -0.25) is 0 Å². The predicted octanol–water partition coefficient (Wildman–Crippen LogP) is 0.402. The van der Waals surface area contributed by atoms with Crippen molar-refractivity contribution in [2.45, 2.75) is 0 Å². The molecule has 0 spiro atoms. The zero-order chi connectivity index (χ0) is 5.98. The Kier molecular flexibility index (Phi) is 1.69. The van der Waals surface area contributed by atoms with Crippen LogP contribution in [0.3, 0.4) is 0 Å². The Bertz CT molecular complexity index is 135. The topological polar surface area (TPSA) is 55.6 Å². The summed E-state index contributed by atoms with van der Waals surface area (Å²) in [7, 11) is 0. The second kappa shape index (κ2) is 2.31. The summed E-state index contributed by atoms with van der Waals surface area (Å²) in [6.07, 6.45) is 1.55. The van der Waals surface area contributed by atoms with Gasteiger partial charge in [0, 0.05) is 0 Å². The molecule has 2 N–H and O–H groups in total. The van der Waals surface area contributed by atoms with Gasteiger partial charge in [0.25, 0.3) is 0 Å². The first kappa shape index (κ1) is 5.83. The molecule has 0 saturated carbocycles. The molecule has 1 aliphatic heterocycles. The summed E-state index contributed by atoms with van der Waals surface area (Å²) in [5.74, 6) is 0. The van der Waals surface area contributed by atoms with Gasteiger partial charge in [-0.1, -0.05) is 0 Å². The number of nitrogens with zero attached hydrogens (tertiary/aromatic N) is 1. The molecule has 0 unspecified atom stereocenters. The average Bonchev–Trinajstić information content (AvgIpc) is 2.12. The van der Waals surface area contributed by atoms with Crippen molar-refractivity contribution < 1.29 is 7.96 Å². The van der Waals surface area contributed by atoms with E-state index in [1.807, 2.05) is 4.08 Å². The van der Waals surface area contributed by atoms with E-state index in [4.69, 9.17) is 8.90 Å². The van der Waals surface area contributed by atoms with Crippen LogP contribution in [0.1, 0.15) is 0 Å². The summed E-state index contributed by atoms with van der Waals surface area (Å²) in [6, 6.07) is -0.552. The molecule has 2 amide bonds. The monoisotopic (exact) mass is 228 g/mol. The SMILES string of the molecule is NC(=O)N1C=C[IH]O1. The van der Waals surface area contributed by atoms with Crippen molar-refractivity contribution in [2.24, 2.45) is 5.73 Å². The van der Waals surface area contributed by atoms with Gasteiger partial charge in [-0.2, -0.15) is 0 Å². The molecule has 0 atom stereocenters. The summed E-state index contributed by atoms with van der Waals surface area (Å²) in [6.45, 7) is 0. The fraction of sp³-hybridized carbons (Fsp3) is 0. The van der Waals surface area contributed by atoms with E-state index >= 15 is 0 Å². The van der Waals surface area contributed by atoms with Crippen molar-refractivity contribution in [1.82, 2.24) is 5.06 Å². The maximum atomic E-state index is 10.2. The van der Waals surface area contributed by atoms with E-state index in [1.165, 1.54) is 0 Å². The number of rotatable bonds is 0. The number of amides is 2. The van der Waals surface area contributed by atoms with Gasteiger partial charge in [-0.15, -0.1) is 0 Å². The van der Waals surface area contributed by atoms with Crippen molar-refractivity contribution in [3.05, 3.63) is 10.3 Å². The van der Waals surface area contributed by atoms with E-state index in [1.54, 1.807) is 6.20 Å². The number of hydrogen-bond donors (Lipinski definition) is 1. The zero-order valence-electron chi connectivity index (χ0n) is 3.90. The van der Waals surface area contributed by atoms with Gasteiger partial charge >= 0.3 is 56.7 Å². The third-order valence-corrected chi connectivity index (χ3v) is 1.96. The van der Waals surface area contributed by atoms with E-state index in [0.717, 1.165) is 5.06 Å². The zero-order valence-corrected chi connectivity index (χ0v) is 6.23. The molecule has 0 aromatic rings. The van der Waals surface area contributed by atoms with Crippen molar-refractivity contribution in [3.8, 4) is 0 Å². The molecule has 0 saturated heterocycles. The Labute approximate surface area is 57.0 Å². The van der Waals surface area contributed by atoms with Gasteiger partial charge in [0.05, 0.1) is 0 Å². The molecule has 1 aliphatic rings. The number of hydrogen-bond acceptors (Lipinski definition) is 2. The molecule has 1 heterocycles. The van der Waals surface area contributed by atoms with Crippen LogP contribution in [0.2, 0.25) is 0 Å². The maximum absolute atomic E-state index is 10.2. The van der Waals surface area contributed by atoms with Gasteiger partial charge in [-0.25, -0.2) is 0 Å². The Morgan fingerprint density at radius 2 is 2.62 bits per heavy atom. The summed E-state index contributed by atoms with van der Waals surface area (Å²) < 4.78 is 6.62. The standard InChI is InChI=1S/C3H5IN2O2/c5-3(7)6-2-1-4-8-6/h1-2,4H,(H2,5,7). The molecular formula is C3H5IN2O2. The summed E-state index contributed by atoms with van der Waals surface area (Å²) in [5.41, 5.74) is 4.83. The van der Waals surface area contributed by atoms with Crippen molar-refractivity contribution in [3.63, 3.8) is 0 Å². The Hall–Kier alpha value is -0.300. The molecule has 0 aromatic carbocycles. The van der Waals surface area contributed by atoms with Crippen molar-refractivity contribution >= 4 is 27.7 Å². The second-order valence-electron chi connectivity index (χ2n) is 1.12. The van der Waals surface area contributed by atoms with Crippen LogP contribution < -0.4 is 5.73 Å². The van der Waals surface area contributed by atoms with Crippen LogP contribution in [0.25, 0.3) is 0 Å². The Morgan fingerprint density at radius 1 is 1.88 bits per heavy atom. The van der Waals surface area contributed by atoms with Gasteiger partial charge in [0.1, 0.15) is 0 Å². The van der Waals surface area contributed by atoms with Crippen LogP contribution in [-0.2, 0) is 3.17 Å². The van der Waals surface area contributed by atoms with E-state index in [9.17, 15) is 4.79 Å². The molecule has 0 radical (unpaired) electrons. The van der Waals surface area contributed by atoms with Crippen LogP contribution in [-0.4, -0.2) is 11.1 Å². The van der Waals surface area contributed by atoms with E-state index in [0.29, 0.717) is 0 Å². The third-order valence-electron chi connectivity index (χ3n) is 0.592. The molecule has 4 nitrogen and oxygen atoms in total. The van der Waals surface area contributed by atoms with Crippen LogP contribution in [0, 0.1) is 0 Å². The van der Waals surface area contributed by atoms with E-state index in [-0.39, 0.29) is 0 Å². The fourth-order valence-electron chi connectivity index (χ4n) is 0.286. The summed E-state index contributed by atoms with van der Waals surface area (Å²) in [4.78, 5) is 10.2. The van der Waals surface area contributed by atoms with E-state index in [2.05, 4.69) is 0 Å². The third kappa shape index (κ3) is 1.10. The van der Waals surface area contributed by atoms with Crippen molar-refractivity contribution in [2.75, 3.05) is 0 Å². The summed E-state index contributed by atoms with van der Waals surface area (Å²) in [5, 5.41) is 1.04. The number of halogens is 1. The predicted molar refractivity (Wildman–Crippen MR) is 37.1 cm³/mol. The number of nitrogens with two attached hydrogens (primary N) is 1. The van der Waals surface area contributed by atoms with Crippen LogP contribution >= 0.6 is 21.6 Å². The number of urea groups is 1. The molecule has 1 rings (SSSR count). The fourth-order valence-corrected chi connectivity index (χ4v) is 1.50. The van der Waals surface area contributed by atoms with Gasteiger partial charge in [0.2, 0.25) is 0 Å². The van der Waals surface area contributed by atoms with Crippen LogP contribution in [0.15, 0.2) is 10.3 Å². The number of primary amides is 1. The molecule has 0 aliphatic carbocycles. The molecule has 8 heavy (non-hydrogen) atoms. The van der Waals surface area contributed by atoms with Gasteiger partial charge in [0.15, 0.2) is 0 Å². The van der Waals surface area contributed by atoms with Gasteiger partial charge < -0.3 is 0 Å². The van der Waals surface area contributed by atoms with Crippen LogP contribution in [0.5, 0.6) is 0 Å². The van der Waals surface area contributed by atoms with Crippen LogP contribution in [0.4, 0.5) is 4.79 Å². The molecule has 46 valence electrons. The molecule has 0 fully saturated rings. The molecule has 5 heteroatoms. The minimum absolute atomic E-state index is 0.536. The summed E-state index contributed by atoms with van der Waals surface area (Å²) >= 11 is -0.536. The molecule has 0 bridgehead atoms. The first-order chi connectivity index (χ1) is 3.80. The average molecular weight is 228 g/mol. The molecular weight excluding hydrogens is 223 g/mol. The first-order valence-corrected chi connectivity index (χ1v) is 4.19. The number of carbonyl (C=O) groups is 1. The Balaban J connectivity index is 2.48. The molecule has 0 aromatic heterocycles. The quantitative estimate of drug-likeness (QED) is 0.610. The number of hydroxylamine groups is 2.